The Morgan fingerprint density at radius 2 is 2.26 bits per heavy atom. The van der Waals surface area contributed by atoms with E-state index in [1.54, 1.807) is 24.4 Å². The van der Waals surface area contributed by atoms with Gasteiger partial charge in [-0.05, 0) is 19.1 Å². The largest absolute Gasteiger partial charge is 0.491 e. The molecule has 6 heteroatoms. The smallest absolute Gasteiger partial charge is 0.173 e. The first-order valence-corrected chi connectivity index (χ1v) is 5.90. The Morgan fingerprint density at radius 1 is 1.47 bits per heavy atom. The Morgan fingerprint density at radius 3 is 2.95 bits per heavy atom. The minimum atomic E-state index is 0.0365. The summed E-state index contributed by atoms with van der Waals surface area (Å²) in [5, 5.41) is 11.7. The fourth-order valence-corrected chi connectivity index (χ4v) is 1.75. The lowest BCUT2D eigenvalue weighted by Crippen LogP contribution is -2.16. The molecule has 0 amide bonds. The predicted octanol–water partition coefficient (Wildman–Crippen LogP) is 1.37. The molecule has 0 radical (unpaired) electrons. The van der Waals surface area contributed by atoms with Crippen LogP contribution in [0.3, 0.4) is 0 Å². The van der Waals surface area contributed by atoms with E-state index in [2.05, 4.69) is 10.1 Å². The molecule has 19 heavy (non-hydrogen) atoms. The summed E-state index contributed by atoms with van der Waals surface area (Å²) >= 11 is 0. The summed E-state index contributed by atoms with van der Waals surface area (Å²) < 4.78 is 7.66. The van der Waals surface area contributed by atoms with Gasteiger partial charge in [0.25, 0.3) is 0 Å². The summed E-state index contributed by atoms with van der Waals surface area (Å²) in [7, 11) is 0. The predicted molar refractivity (Wildman–Crippen MR) is 71.4 cm³/mol. The Balaban J connectivity index is 2.02. The van der Waals surface area contributed by atoms with Crippen molar-refractivity contribution in [2.24, 2.45) is 10.9 Å². The van der Waals surface area contributed by atoms with E-state index in [0.29, 0.717) is 24.5 Å². The molecule has 0 unspecified atom stereocenters. The summed E-state index contributed by atoms with van der Waals surface area (Å²) in [6.07, 6.45) is 3.65. The van der Waals surface area contributed by atoms with Gasteiger partial charge in [0.1, 0.15) is 18.2 Å². The Hall–Kier alpha value is -2.50. The first-order chi connectivity index (χ1) is 9.22. The van der Waals surface area contributed by atoms with E-state index < -0.39 is 0 Å². The second-order valence-electron chi connectivity index (χ2n) is 4.00. The van der Waals surface area contributed by atoms with Crippen LogP contribution in [0.1, 0.15) is 11.4 Å². The number of oxime groups is 1. The van der Waals surface area contributed by atoms with Crippen molar-refractivity contribution in [2.75, 3.05) is 6.61 Å². The zero-order valence-electron chi connectivity index (χ0n) is 10.7. The highest BCUT2D eigenvalue weighted by Gasteiger charge is 2.07. The number of nitrogens with zero attached hydrogens (tertiary/aromatic N) is 3. The number of aromatic nitrogens is 2. The van der Waals surface area contributed by atoms with Crippen LogP contribution in [-0.2, 0) is 6.54 Å². The average molecular weight is 260 g/mol. The van der Waals surface area contributed by atoms with Crippen molar-refractivity contribution in [3.05, 3.63) is 48.0 Å². The standard InChI is InChI=1S/C13H16N4O2/c1-10-15-6-7-17(10)8-9-19-12-5-3-2-4-11(12)13(14)16-18/h2-7,18H,8-9H2,1H3,(H2,14,16). The molecule has 2 aromatic rings. The van der Waals surface area contributed by atoms with E-state index in [1.165, 1.54) is 0 Å². The van der Waals surface area contributed by atoms with Crippen LogP contribution in [-0.4, -0.2) is 27.2 Å². The number of ether oxygens (including phenoxy) is 1. The van der Waals surface area contributed by atoms with Crippen LogP contribution < -0.4 is 10.5 Å². The Labute approximate surface area is 111 Å². The van der Waals surface area contributed by atoms with E-state index >= 15 is 0 Å². The number of nitrogens with two attached hydrogens (primary N) is 1. The van der Waals surface area contributed by atoms with Crippen LogP contribution in [0.25, 0.3) is 0 Å². The highest BCUT2D eigenvalue weighted by atomic mass is 16.5. The molecule has 0 saturated carbocycles. The molecule has 0 aliphatic rings. The van der Waals surface area contributed by atoms with E-state index in [1.807, 2.05) is 23.8 Å². The zero-order chi connectivity index (χ0) is 13.7. The van der Waals surface area contributed by atoms with E-state index in [-0.39, 0.29) is 5.84 Å². The summed E-state index contributed by atoms with van der Waals surface area (Å²) in [6.45, 7) is 3.10. The van der Waals surface area contributed by atoms with Gasteiger partial charge in [-0.15, -0.1) is 0 Å². The van der Waals surface area contributed by atoms with E-state index in [0.717, 1.165) is 5.82 Å². The van der Waals surface area contributed by atoms with Crippen LogP contribution in [0.2, 0.25) is 0 Å². The van der Waals surface area contributed by atoms with Gasteiger partial charge in [0, 0.05) is 12.4 Å². The van der Waals surface area contributed by atoms with Crippen LogP contribution in [0.5, 0.6) is 5.75 Å². The Bertz CT molecular complexity index is 578. The van der Waals surface area contributed by atoms with Gasteiger partial charge in [-0.1, -0.05) is 17.3 Å². The number of para-hydroxylation sites is 1. The lowest BCUT2D eigenvalue weighted by atomic mass is 10.2. The first kappa shape index (κ1) is 12.9. The number of benzene rings is 1. The van der Waals surface area contributed by atoms with E-state index in [4.69, 9.17) is 15.7 Å². The molecule has 0 saturated heterocycles. The van der Waals surface area contributed by atoms with Crippen molar-refractivity contribution < 1.29 is 9.94 Å². The van der Waals surface area contributed by atoms with Gasteiger partial charge in [-0.2, -0.15) is 0 Å². The monoisotopic (exact) mass is 260 g/mol. The molecule has 3 N–H and O–H groups in total. The molecule has 0 fully saturated rings. The molecule has 6 nitrogen and oxygen atoms in total. The van der Waals surface area contributed by atoms with Crippen LogP contribution >= 0.6 is 0 Å². The van der Waals surface area contributed by atoms with Crippen molar-refractivity contribution >= 4 is 5.84 Å². The lowest BCUT2D eigenvalue weighted by molar-refractivity contribution is 0.295. The van der Waals surface area contributed by atoms with Gasteiger partial charge < -0.3 is 20.2 Å². The normalized spacial score (nSPS) is 11.5. The number of aryl methyl sites for hydroxylation is 1. The summed E-state index contributed by atoms with van der Waals surface area (Å²) in [4.78, 5) is 4.14. The number of hydrogen-bond donors (Lipinski definition) is 2. The van der Waals surface area contributed by atoms with Gasteiger partial charge in [0.05, 0.1) is 12.1 Å². The van der Waals surface area contributed by atoms with Gasteiger partial charge in [-0.25, -0.2) is 4.98 Å². The molecule has 100 valence electrons. The van der Waals surface area contributed by atoms with Crippen LogP contribution in [0.4, 0.5) is 0 Å². The van der Waals surface area contributed by atoms with Crippen LogP contribution in [0.15, 0.2) is 41.8 Å². The highest BCUT2D eigenvalue weighted by Crippen LogP contribution is 2.17. The van der Waals surface area contributed by atoms with Crippen molar-refractivity contribution in [1.29, 1.82) is 0 Å². The summed E-state index contributed by atoms with van der Waals surface area (Å²) in [5.41, 5.74) is 6.17. The third-order valence-electron chi connectivity index (χ3n) is 2.78. The quantitative estimate of drug-likeness (QED) is 0.368. The second kappa shape index (κ2) is 5.90. The minimum absolute atomic E-state index is 0.0365. The molecule has 1 aromatic carbocycles. The van der Waals surface area contributed by atoms with Gasteiger partial charge in [0.15, 0.2) is 5.84 Å². The maximum Gasteiger partial charge on any atom is 0.173 e. The lowest BCUT2D eigenvalue weighted by Gasteiger charge is -2.11. The number of rotatable bonds is 5. The summed E-state index contributed by atoms with van der Waals surface area (Å²) in [5.74, 6) is 1.57. The molecule has 0 spiro atoms. The molecule has 0 bridgehead atoms. The van der Waals surface area contributed by atoms with Crippen molar-refractivity contribution in [1.82, 2.24) is 9.55 Å². The maximum absolute atomic E-state index is 8.72. The fourth-order valence-electron chi connectivity index (χ4n) is 1.75. The molecule has 2 rings (SSSR count). The minimum Gasteiger partial charge on any atom is -0.491 e. The van der Waals surface area contributed by atoms with Gasteiger partial charge in [-0.3, -0.25) is 0 Å². The zero-order valence-corrected chi connectivity index (χ0v) is 10.7. The molecule has 0 aliphatic heterocycles. The molecule has 1 heterocycles. The van der Waals surface area contributed by atoms with Gasteiger partial charge >= 0.3 is 0 Å². The molecule has 0 aliphatic carbocycles. The first-order valence-electron chi connectivity index (χ1n) is 5.90. The van der Waals surface area contributed by atoms with Crippen molar-refractivity contribution in [2.45, 2.75) is 13.5 Å². The molecular weight excluding hydrogens is 244 g/mol. The highest BCUT2D eigenvalue weighted by molar-refractivity contribution is 5.99. The maximum atomic E-state index is 8.72. The fraction of sp³-hybridized carbons (Fsp3) is 0.231. The SMILES string of the molecule is Cc1nccn1CCOc1ccccc1/C(N)=N/O. The number of amidine groups is 1. The van der Waals surface area contributed by atoms with E-state index in [9.17, 15) is 0 Å². The molecule has 0 atom stereocenters. The summed E-state index contributed by atoms with van der Waals surface area (Å²) in [6, 6.07) is 7.17. The Kier molecular flexibility index (Phi) is 4.02. The number of imidazole rings is 1. The number of hydrogen-bond acceptors (Lipinski definition) is 4. The second-order valence-corrected chi connectivity index (χ2v) is 4.00. The van der Waals surface area contributed by atoms with Crippen molar-refractivity contribution in [3.63, 3.8) is 0 Å². The van der Waals surface area contributed by atoms with Gasteiger partial charge in [0.2, 0.25) is 0 Å². The van der Waals surface area contributed by atoms with Crippen LogP contribution in [0, 0.1) is 6.92 Å². The molecule has 1 aromatic heterocycles. The molecular formula is C13H16N4O2. The average Bonchev–Trinajstić information content (AvgIpc) is 2.84. The van der Waals surface area contributed by atoms with Crippen molar-refractivity contribution in [3.8, 4) is 5.75 Å². The third kappa shape index (κ3) is 3.04. The third-order valence-corrected chi connectivity index (χ3v) is 2.78. The topological polar surface area (TPSA) is 85.7 Å².